The predicted octanol–water partition coefficient (Wildman–Crippen LogP) is 4.43. The second-order valence-electron chi connectivity index (χ2n) is 10.5. The molecular formula is C29H34N4O6S. The van der Waals surface area contributed by atoms with Crippen molar-refractivity contribution >= 4 is 33.2 Å². The summed E-state index contributed by atoms with van der Waals surface area (Å²) < 4.78 is 28.4. The van der Waals surface area contributed by atoms with Gasteiger partial charge in [0.1, 0.15) is 12.6 Å². The number of nitrogens with one attached hydrogen (secondary N) is 1. The van der Waals surface area contributed by atoms with Gasteiger partial charge in [0.25, 0.3) is 15.7 Å². The number of rotatable bonds is 10. The van der Waals surface area contributed by atoms with E-state index in [9.17, 15) is 28.1 Å². The third kappa shape index (κ3) is 7.66. The molecule has 3 aromatic rings. The summed E-state index contributed by atoms with van der Waals surface area (Å²) in [6.07, 6.45) is 0. The number of carbonyl (C=O) groups is 2. The monoisotopic (exact) mass is 566 g/mol. The first kappa shape index (κ1) is 30.3. The molecule has 0 saturated heterocycles. The quantitative estimate of drug-likeness (QED) is 0.285. The Kier molecular flexibility index (Phi) is 9.31. The summed E-state index contributed by atoms with van der Waals surface area (Å²) in [5.74, 6) is -1.00. The van der Waals surface area contributed by atoms with E-state index in [1.165, 1.54) is 41.3 Å². The largest absolute Gasteiger partial charge is 0.350 e. The molecule has 0 bridgehead atoms. The summed E-state index contributed by atoms with van der Waals surface area (Å²) in [5, 5.41) is 14.1. The van der Waals surface area contributed by atoms with Crippen LogP contribution in [0.4, 0.5) is 11.4 Å². The van der Waals surface area contributed by atoms with Gasteiger partial charge in [-0.05, 0) is 64.4 Å². The van der Waals surface area contributed by atoms with Crippen LogP contribution in [-0.2, 0) is 26.2 Å². The number of anilines is 1. The first-order chi connectivity index (χ1) is 18.7. The van der Waals surface area contributed by atoms with E-state index in [0.29, 0.717) is 0 Å². The third-order valence-corrected chi connectivity index (χ3v) is 7.85. The van der Waals surface area contributed by atoms with Gasteiger partial charge in [0.2, 0.25) is 11.8 Å². The molecule has 11 heteroatoms. The van der Waals surface area contributed by atoms with Crippen molar-refractivity contribution in [1.82, 2.24) is 10.2 Å². The maximum atomic E-state index is 13.9. The Morgan fingerprint density at radius 1 is 0.975 bits per heavy atom. The number of benzene rings is 3. The molecule has 40 heavy (non-hydrogen) atoms. The molecule has 3 aromatic carbocycles. The lowest BCUT2D eigenvalue weighted by Gasteiger charge is -2.33. The number of hydrogen-bond donors (Lipinski definition) is 1. The normalized spacial score (nSPS) is 12.3. The highest BCUT2D eigenvalue weighted by Gasteiger charge is 2.33. The number of amides is 2. The molecule has 2 amide bonds. The number of carbonyl (C=O) groups excluding carboxylic acids is 2. The van der Waals surface area contributed by atoms with E-state index in [4.69, 9.17) is 0 Å². The molecule has 0 aliphatic rings. The van der Waals surface area contributed by atoms with Crippen LogP contribution in [0.25, 0.3) is 0 Å². The van der Waals surface area contributed by atoms with Gasteiger partial charge in [0, 0.05) is 24.2 Å². The highest BCUT2D eigenvalue weighted by Crippen LogP contribution is 2.26. The standard InChI is InChI=1S/C29H34N4O6S/c1-21-10-9-11-23(18-21)19-31(22(2)28(35)30-29(3,4)5)27(34)20-32(24-14-16-25(17-15-24)33(36)37)40(38,39)26-12-7-6-8-13-26/h6-18,22H,19-20H2,1-5H3,(H,30,35). The van der Waals surface area contributed by atoms with Crippen molar-refractivity contribution in [2.45, 2.75) is 57.6 Å². The SMILES string of the molecule is Cc1cccc(CN(C(=O)CN(c2ccc([N+](=O)[O-])cc2)S(=O)(=O)c2ccccc2)C(C)C(=O)NC(C)(C)C)c1. The average molecular weight is 567 g/mol. The number of nitro benzene ring substituents is 1. The van der Waals surface area contributed by atoms with Crippen molar-refractivity contribution in [1.29, 1.82) is 0 Å². The number of nitrogens with zero attached hydrogens (tertiary/aromatic N) is 3. The molecule has 0 aliphatic heterocycles. The predicted molar refractivity (Wildman–Crippen MR) is 153 cm³/mol. The summed E-state index contributed by atoms with van der Waals surface area (Å²) in [6.45, 7) is 8.42. The molecule has 0 radical (unpaired) electrons. The fourth-order valence-electron chi connectivity index (χ4n) is 4.05. The van der Waals surface area contributed by atoms with Gasteiger partial charge < -0.3 is 10.2 Å². The van der Waals surface area contributed by atoms with E-state index in [1.54, 1.807) is 25.1 Å². The summed E-state index contributed by atoms with van der Waals surface area (Å²) in [7, 11) is -4.25. The molecule has 212 valence electrons. The number of non-ortho nitro benzene ring substituents is 1. The zero-order valence-electron chi connectivity index (χ0n) is 23.2. The van der Waals surface area contributed by atoms with Crippen LogP contribution in [-0.4, -0.2) is 48.2 Å². The molecule has 10 nitrogen and oxygen atoms in total. The molecule has 1 atom stereocenters. The second kappa shape index (κ2) is 12.3. The Balaban J connectivity index is 2.05. The molecule has 3 rings (SSSR count). The lowest BCUT2D eigenvalue weighted by atomic mass is 10.1. The van der Waals surface area contributed by atoms with E-state index in [-0.39, 0.29) is 28.7 Å². The highest BCUT2D eigenvalue weighted by atomic mass is 32.2. The fraction of sp³-hybridized carbons (Fsp3) is 0.310. The van der Waals surface area contributed by atoms with Crippen LogP contribution in [0.5, 0.6) is 0 Å². The van der Waals surface area contributed by atoms with Crippen molar-refractivity contribution in [3.05, 3.63) is 100 Å². The summed E-state index contributed by atoms with van der Waals surface area (Å²) >= 11 is 0. The summed E-state index contributed by atoms with van der Waals surface area (Å²) in [6, 6.07) is 19.1. The van der Waals surface area contributed by atoms with Gasteiger partial charge in [-0.3, -0.25) is 24.0 Å². The topological polar surface area (TPSA) is 130 Å². The maximum absolute atomic E-state index is 13.9. The first-order valence-electron chi connectivity index (χ1n) is 12.7. The molecule has 0 aliphatic carbocycles. The molecule has 0 fully saturated rings. The van der Waals surface area contributed by atoms with Gasteiger partial charge in [-0.1, -0.05) is 48.0 Å². The summed E-state index contributed by atoms with van der Waals surface area (Å²) in [5.41, 5.74) is 1.04. The molecule has 0 heterocycles. The Morgan fingerprint density at radius 3 is 2.15 bits per heavy atom. The van der Waals surface area contributed by atoms with Gasteiger partial charge in [0.05, 0.1) is 15.5 Å². The maximum Gasteiger partial charge on any atom is 0.269 e. The third-order valence-electron chi connectivity index (χ3n) is 6.06. The van der Waals surface area contributed by atoms with Gasteiger partial charge in [-0.15, -0.1) is 0 Å². The Labute approximate surface area is 234 Å². The smallest absolute Gasteiger partial charge is 0.269 e. The van der Waals surface area contributed by atoms with Gasteiger partial charge in [-0.2, -0.15) is 0 Å². The lowest BCUT2D eigenvalue weighted by molar-refractivity contribution is -0.384. The fourth-order valence-corrected chi connectivity index (χ4v) is 5.49. The van der Waals surface area contributed by atoms with Gasteiger partial charge in [0.15, 0.2) is 0 Å². The van der Waals surface area contributed by atoms with Crippen LogP contribution in [0.2, 0.25) is 0 Å². The average Bonchev–Trinajstić information content (AvgIpc) is 2.89. The van der Waals surface area contributed by atoms with Crippen molar-refractivity contribution in [3.8, 4) is 0 Å². The molecule has 1 unspecified atom stereocenters. The lowest BCUT2D eigenvalue weighted by Crippen LogP contribution is -2.54. The Hall–Kier alpha value is -4.25. The van der Waals surface area contributed by atoms with E-state index in [1.807, 2.05) is 52.0 Å². The Morgan fingerprint density at radius 2 is 1.60 bits per heavy atom. The first-order valence-corrected chi connectivity index (χ1v) is 14.1. The van der Waals surface area contributed by atoms with Crippen LogP contribution in [0.1, 0.15) is 38.8 Å². The van der Waals surface area contributed by atoms with Gasteiger partial charge in [-0.25, -0.2) is 8.42 Å². The van der Waals surface area contributed by atoms with E-state index < -0.39 is 39.0 Å². The minimum atomic E-state index is -4.25. The zero-order valence-corrected chi connectivity index (χ0v) is 24.0. The van der Waals surface area contributed by atoms with Crippen molar-refractivity contribution in [3.63, 3.8) is 0 Å². The minimum Gasteiger partial charge on any atom is -0.350 e. The number of hydrogen-bond acceptors (Lipinski definition) is 6. The molecule has 0 aromatic heterocycles. The molecular weight excluding hydrogens is 532 g/mol. The zero-order chi connectivity index (χ0) is 29.7. The molecule has 1 N–H and O–H groups in total. The molecule has 0 saturated carbocycles. The van der Waals surface area contributed by atoms with Crippen LogP contribution < -0.4 is 9.62 Å². The second-order valence-corrected chi connectivity index (χ2v) is 12.4. The number of sulfonamides is 1. The Bertz CT molecular complexity index is 1470. The van der Waals surface area contributed by atoms with Crippen molar-refractivity contribution in [2.24, 2.45) is 0 Å². The van der Waals surface area contributed by atoms with E-state index >= 15 is 0 Å². The minimum absolute atomic E-state index is 0.0510. The summed E-state index contributed by atoms with van der Waals surface area (Å²) in [4.78, 5) is 38.9. The van der Waals surface area contributed by atoms with Crippen LogP contribution >= 0.6 is 0 Å². The van der Waals surface area contributed by atoms with E-state index in [0.717, 1.165) is 15.4 Å². The van der Waals surface area contributed by atoms with Crippen molar-refractivity contribution in [2.75, 3.05) is 10.8 Å². The van der Waals surface area contributed by atoms with E-state index in [2.05, 4.69) is 5.32 Å². The van der Waals surface area contributed by atoms with Crippen molar-refractivity contribution < 1.29 is 22.9 Å². The van der Waals surface area contributed by atoms with Crippen LogP contribution in [0.15, 0.2) is 83.8 Å². The number of nitro groups is 1. The highest BCUT2D eigenvalue weighted by molar-refractivity contribution is 7.92. The van der Waals surface area contributed by atoms with Gasteiger partial charge >= 0.3 is 0 Å². The van der Waals surface area contributed by atoms with Crippen LogP contribution in [0.3, 0.4) is 0 Å². The molecule has 0 spiro atoms. The van der Waals surface area contributed by atoms with Crippen LogP contribution in [0, 0.1) is 17.0 Å². The number of aryl methyl sites for hydroxylation is 1.